The molecule has 0 N–H and O–H groups in total. The predicted molar refractivity (Wildman–Crippen MR) is 153 cm³/mol. The number of piperidine rings is 1. The van der Waals surface area contributed by atoms with Crippen LogP contribution in [0.2, 0.25) is 0 Å². The van der Waals surface area contributed by atoms with Crippen molar-refractivity contribution in [2.45, 2.75) is 58.4 Å². The predicted octanol–water partition coefficient (Wildman–Crippen LogP) is 6.46. The van der Waals surface area contributed by atoms with E-state index in [2.05, 4.69) is 9.80 Å². The fourth-order valence-electron chi connectivity index (χ4n) is 6.07. The van der Waals surface area contributed by atoms with E-state index in [1.54, 1.807) is 0 Å². The SMILES string of the molecule is CCOCC1CCCN(CCN2CCN(C(=O)c3cc(C(F)(F)F)cc(C(F)(F)F)c3)C(Cc3ccc(C)c(C)c3)C2)C1. The molecule has 2 atom stereocenters. The third-order valence-corrected chi connectivity index (χ3v) is 8.60. The van der Waals surface area contributed by atoms with E-state index in [1.165, 1.54) is 4.90 Å². The van der Waals surface area contributed by atoms with Gasteiger partial charge in [0.1, 0.15) is 0 Å². The third kappa shape index (κ3) is 8.95. The van der Waals surface area contributed by atoms with E-state index in [-0.39, 0.29) is 12.6 Å². The highest BCUT2D eigenvalue weighted by molar-refractivity contribution is 5.95. The number of benzene rings is 2. The summed E-state index contributed by atoms with van der Waals surface area (Å²) in [4.78, 5) is 19.8. The number of rotatable bonds is 9. The lowest BCUT2D eigenvalue weighted by Crippen LogP contribution is -2.57. The van der Waals surface area contributed by atoms with E-state index in [1.807, 2.05) is 39.0 Å². The van der Waals surface area contributed by atoms with E-state index >= 15 is 0 Å². The molecular formula is C32H41F6N3O2. The highest BCUT2D eigenvalue weighted by Gasteiger charge is 2.39. The van der Waals surface area contributed by atoms with Crippen LogP contribution in [0.3, 0.4) is 0 Å². The largest absolute Gasteiger partial charge is 0.416 e. The van der Waals surface area contributed by atoms with E-state index in [4.69, 9.17) is 4.74 Å². The molecule has 2 aliphatic rings. The fraction of sp³-hybridized carbons (Fsp3) is 0.594. The minimum absolute atomic E-state index is 0.0564. The van der Waals surface area contributed by atoms with Crippen LogP contribution in [0.5, 0.6) is 0 Å². The van der Waals surface area contributed by atoms with Gasteiger partial charge in [-0.05, 0) is 87.4 Å². The normalized spacial score (nSPS) is 20.9. The molecular weight excluding hydrogens is 572 g/mol. The zero-order valence-electron chi connectivity index (χ0n) is 25.0. The summed E-state index contributed by atoms with van der Waals surface area (Å²) >= 11 is 0. The second-order valence-electron chi connectivity index (χ2n) is 11.8. The first kappa shape index (κ1) is 33.3. The molecule has 0 saturated carbocycles. The van der Waals surface area contributed by atoms with Crippen LogP contribution >= 0.6 is 0 Å². The van der Waals surface area contributed by atoms with Crippen LogP contribution in [0.1, 0.15) is 57.9 Å². The zero-order chi connectivity index (χ0) is 31.4. The van der Waals surface area contributed by atoms with Crippen molar-refractivity contribution >= 4 is 5.91 Å². The van der Waals surface area contributed by atoms with E-state index in [0.29, 0.717) is 44.2 Å². The molecule has 0 radical (unpaired) electrons. The zero-order valence-corrected chi connectivity index (χ0v) is 25.0. The number of hydrogen-bond acceptors (Lipinski definition) is 4. The van der Waals surface area contributed by atoms with Crippen LogP contribution < -0.4 is 0 Å². The second kappa shape index (κ2) is 14.0. The van der Waals surface area contributed by atoms with Gasteiger partial charge < -0.3 is 14.5 Å². The summed E-state index contributed by atoms with van der Waals surface area (Å²) in [6.45, 7) is 12.1. The van der Waals surface area contributed by atoms with Crippen LogP contribution in [-0.2, 0) is 23.5 Å². The number of ether oxygens (including phenoxy) is 1. The topological polar surface area (TPSA) is 36.0 Å². The second-order valence-corrected chi connectivity index (χ2v) is 11.8. The van der Waals surface area contributed by atoms with Gasteiger partial charge in [0, 0.05) is 57.5 Å². The summed E-state index contributed by atoms with van der Waals surface area (Å²) < 4.78 is 86.9. The van der Waals surface area contributed by atoms with Crippen LogP contribution in [0.25, 0.3) is 0 Å². The van der Waals surface area contributed by atoms with Gasteiger partial charge in [-0.25, -0.2) is 0 Å². The van der Waals surface area contributed by atoms with Crippen molar-refractivity contribution in [2.75, 3.05) is 59.0 Å². The first-order valence-electron chi connectivity index (χ1n) is 14.9. The summed E-state index contributed by atoms with van der Waals surface area (Å²) in [7, 11) is 0. The number of carbonyl (C=O) groups is 1. The summed E-state index contributed by atoms with van der Waals surface area (Å²) in [5.41, 5.74) is -0.437. The van der Waals surface area contributed by atoms with Gasteiger partial charge >= 0.3 is 12.4 Å². The number of hydrogen-bond donors (Lipinski definition) is 0. The summed E-state index contributed by atoms with van der Waals surface area (Å²) in [5.74, 6) is -0.324. The molecule has 2 heterocycles. The maximum Gasteiger partial charge on any atom is 0.416 e. The van der Waals surface area contributed by atoms with Gasteiger partial charge in [0.15, 0.2) is 0 Å². The molecule has 43 heavy (non-hydrogen) atoms. The highest BCUT2D eigenvalue weighted by atomic mass is 19.4. The van der Waals surface area contributed by atoms with Crippen molar-refractivity contribution < 1.29 is 35.9 Å². The molecule has 0 bridgehead atoms. The molecule has 2 unspecified atom stereocenters. The lowest BCUT2D eigenvalue weighted by molar-refractivity contribution is -0.143. The number of amides is 1. The Balaban J connectivity index is 1.54. The molecule has 2 aliphatic heterocycles. The molecule has 2 fully saturated rings. The summed E-state index contributed by atoms with van der Waals surface area (Å²) in [6, 6.07) is 6.67. The van der Waals surface area contributed by atoms with Gasteiger partial charge in [0.25, 0.3) is 5.91 Å². The van der Waals surface area contributed by atoms with Crippen molar-refractivity contribution in [1.29, 1.82) is 0 Å². The molecule has 238 valence electrons. The minimum Gasteiger partial charge on any atom is -0.381 e. The van der Waals surface area contributed by atoms with E-state index < -0.39 is 41.0 Å². The van der Waals surface area contributed by atoms with E-state index in [9.17, 15) is 31.1 Å². The number of carbonyl (C=O) groups excluding carboxylic acids is 1. The van der Waals surface area contributed by atoms with Gasteiger partial charge in [-0.2, -0.15) is 26.3 Å². The lowest BCUT2D eigenvalue weighted by atomic mass is 9.97. The molecule has 1 amide bonds. The van der Waals surface area contributed by atoms with Gasteiger partial charge in [0.2, 0.25) is 0 Å². The Kier molecular flexibility index (Phi) is 10.8. The fourth-order valence-corrected chi connectivity index (χ4v) is 6.07. The Morgan fingerprint density at radius 1 is 0.860 bits per heavy atom. The molecule has 5 nitrogen and oxygen atoms in total. The molecule has 2 aromatic carbocycles. The Labute approximate surface area is 249 Å². The number of alkyl halides is 6. The quantitative estimate of drug-likeness (QED) is 0.305. The van der Waals surface area contributed by atoms with Gasteiger partial charge in [0.05, 0.1) is 17.7 Å². The third-order valence-electron chi connectivity index (χ3n) is 8.60. The van der Waals surface area contributed by atoms with Crippen molar-refractivity contribution in [3.05, 3.63) is 69.8 Å². The van der Waals surface area contributed by atoms with Crippen molar-refractivity contribution in [2.24, 2.45) is 5.92 Å². The van der Waals surface area contributed by atoms with Crippen molar-refractivity contribution in [3.8, 4) is 0 Å². The van der Waals surface area contributed by atoms with Crippen molar-refractivity contribution in [3.63, 3.8) is 0 Å². The van der Waals surface area contributed by atoms with Gasteiger partial charge in [-0.15, -0.1) is 0 Å². The maximum atomic E-state index is 13.7. The lowest BCUT2D eigenvalue weighted by Gasteiger charge is -2.43. The molecule has 4 rings (SSSR count). The first-order valence-corrected chi connectivity index (χ1v) is 14.9. The van der Waals surface area contributed by atoms with Gasteiger partial charge in [-0.3, -0.25) is 9.69 Å². The molecule has 2 saturated heterocycles. The highest BCUT2D eigenvalue weighted by Crippen LogP contribution is 2.37. The number of nitrogens with zero attached hydrogens (tertiary/aromatic N) is 3. The van der Waals surface area contributed by atoms with E-state index in [0.717, 1.165) is 62.3 Å². The standard InChI is InChI=1S/C32H41F6N3O2/c1-4-43-21-25-6-5-9-39(19-25)10-11-40-12-13-41(29(20-40)15-24-8-7-22(2)23(3)14-24)30(42)26-16-27(31(33,34)35)18-28(17-26)32(36,37)38/h7-8,14,16-18,25,29H,4-6,9-13,15,19-21H2,1-3H3. The number of likely N-dealkylation sites (tertiary alicyclic amines) is 1. The number of piperazine rings is 1. The Morgan fingerprint density at radius 2 is 1.51 bits per heavy atom. The molecule has 11 heteroatoms. The Bertz CT molecular complexity index is 1220. The molecule has 0 aromatic heterocycles. The number of aryl methyl sites for hydroxylation is 2. The van der Waals surface area contributed by atoms with Crippen LogP contribution in [0.15, 0.2) is 36.4 Å². The smallest absolute Gasteiger partial charge is 0.381 e. The molecule has 2 aromatic rings. The monoisotopic (exact) mass is 613 g/mol. The van der Waals surface area contributed by atoms with Crippen LogP contribution in [0.4, 0.5) is 26.3 Å². The first-order chi connectivity index (χ1) is 20.2. The van der Waals surface area contributed by atoms with Crippen LogP contribution in [0, 0.1) is 19.8 Å². The average Bonchev–Trinajstić information content (AvgIpc) is 2.96. The molecule has 0 spiro atoms. The van der Waals surface area contributed by atoms with Crippen molar-refractivity contribution in [1.82, 2.24) is 14.7 Å². The average molecular weight is 614 g/mol. The van der Waals surface area contributed by atoms with Gasteiger partial charge in [-0.1, -0.05) is 18.2 Å². The number of halogens is 6. The molecule has 0 aliphatic carbocycles. The van der Waals surface area contributed by atoms with Crippen LogP contribution in [-0.4, -0.2) is 85.7 Å². The maximum absolute atomic E-state index is 13.7. The summed E-state index contributed by atoms with van der Waals surface area (Å²) in [5, 5.41) is 0. The Hall–Kier alpha value is -2.63. The minimum atomic E-state index is -5.02. The Morgan fingerprint density at radius 3 is 2.12 bits per heavy atom. The summed E-state index contributed by atoms with van der Waals surface area (Å²) in [6.07, 6.45) is -7.37.